The van der Waals surface area contributed by atoms with Gasteiger partial charge in [0.05, 0.1) is 13.7 Å². The Morgan fingerprint density at radius 3 is 2.64 bits per heavy atom. The van der Waals surface area contributed by atoms with Gasteiger partial charge in [0.2, 0.25) is 5.90 Å². The molecule has 1 aliphatic heterocycles. The summed E-state index contributed by atoms with van der Waals surface area (Å²) in [5.74, 6) is -0.0485. The Morgan fingerprint density at radius 2 is 1.93 bits per heavy atom. The van der Waals surface area contributed by atoms with Crippen molar-refractivity contribution in [2.24, 2.45) is 4.99 Å². The Kier molecular flexibility index (Phi) is 5.88. The van der Waals surface area contributed by atoms with Crippen molar-refractivity contribution in [1.29, 1.82) is 0 Å². The molecule has 3 rings (SSSR count). The van der Waals surface area contributed by atoms with Gasteiger partial charge in [-0.25, -0.2) is 9.79 Å². The van der Waals surface area contributed by atoms with Gasteiger partial charge in [0.15, 0.2) is 17.2 Å². The van der Waals surface area contributed by atoms with Crippen LogP contribution < -0.4 is 14.2 Å². The topological polar surface area (TPSA) is 66.3 Å². The number of carbonyl (C=O) groups excluding carboxylic acids is 1. The van der Waals surface area contributed by atoms with Crippen molar-refractivity contribution in [2.45, 2.75) is 13.5 Å². The van der Waals surface area contributed by atoms with Crippen LogP contribution in [-0.2, 0) is 9.53 Å². The molecule has 1 aliphatic rings. The van der Waals surface area contributed by atoms with Crippen LogP contribution in [0, 0.1) is 0 Å². The second-order valence-electron chi connectivity index (χ2n) is 5.55. The first-order valence-electron chi connectivity index (χ1n) is 8.39. The zero-order valence-electron chi connectivity index (χ0n) is 15.1. The second kappa shape index (κ2) is 8.51. The Morgan fingerprint density at radius 1 is 1.14 bits per heavy atom. The van der Waals surface area contributed by atoms with E-state index in [4.69, 9.17) is 14.2 Å². The van der Waals surface area contributed by atoms with Crippen molar-refractivity contribution < 1.29 is 32.5 Å². The number of para-hydroxylation sites is 1. The van der Waals surface area contributed by atoms with E-state index in [0.717, 1.165) is 0 Å². The molecule has 8 heteroatoms. The summed E-state index contributed by atoms with van der Waals surface area (Å²) >= 11 is 0. The number of rotatable bonds is 7. The van der Waals surface area contributed by atoms with E-state index in [1.54, 1.807) is 18.2 Å². The van der Waals surface area contributed by atoms with E-state index in [1.807, 2.05) is 19.1 Å². The van der Waals surface area contributed by atoms with Crippen LogP contribution in [0.5, 0.6) is 17.2 Å². The van der Waals surface area contributed by atoms with Gasteiger partial charge in [-0.15, -0.1) is 0 Å². The summed E-state index contributed by atoms with van der Waals surface area (Å²) in [6.07, 6.45) is 1.56. The molecule has 0 aromatic heterocycles. The SMILES string of the molecule is CCOc1ccccc1/C=C1\N=C(c2ccc(OC(F)F)c(OC)c2)OC1=O. The van der Waals surface area contributed by atoms with Crippen molar-refractivity contribution in [3.8, 4) is 17.2 Å². The lowest BCUT2D eigenvalue weighted by atomic mass is 10.1. The summed E-state index contributed by atoms with van der Waals surface area (Å²) in [5, 5.41) is 0. The number of aliphatic imine (C=N–C) groups is 1. The van der Waals surface area contributed by atoms with Crippen molar-refractivity contribution in [3.63, 3.8) is 0 Å². The summed E-state index contributed by atoms with van der Waals surface area (Å²) in [6.45, 7) is -0.647. The van der Waals surface area contributed by atoms with Crippen molar-refractivity contribution in [2.75, 3.05) is 13.7 Å². The molecule has 0 atom stereocenters. The van der Waals surface area contributed by atoms with E-state index in [1.165, 1.54) is 25.3 Å². The average Bonchev–Trinajstić information content (AvgIpc) is 3.04. The molecule has 0 saturated heterocycles. The number of esters is 1. The molecular formula is C20H17F2NO5. The number of cyclic esters (lactones) is 1. The highest BCUT2D eigenvalue weighted by molar-refractivity contribution is 6.13. The molecule has 0 amide bonds. The lowest BCUT2D eigenvalue weighted by molar-refractivity contribution is -0.129. The van der Waals surface area contributed by atoms with Crippen LogP contribution in [0.2, 0.25) is 0 Å². The number of hydrogen-bond acceptors (Lipinski definition) is 6. The summed E-state index contributed by atoms with van der Waals surface area (Å²) in [7, 11) is 1.32. The third kappa shape index (κ3) is 4.28. The predicted octanol–water partition coefficient (Wildman–Crippen LogP) is 4.04. The normalized spacial score (nSPS) is 14.8. The summed E-state index contributed by atoms with van der Waals surface area (Å²) in [4.78, 5) is 16.4. The first-order chi connectivity index (χ1) is 13.5. The number of halogens is 2. The molecule has 1 heterocycles. The highest BCUT2D eigenvalue weighted by atomic mass is 19.3. The molecule has 0 spiro atoms. The first-order valence-corrected chi connectivity index (χ1v) is 8.39. The van der Waals surface area contributed by atoms with Crippen molar-refractivity contribution in [1.82, 2.24) is 0 Å². The number of carbonyl (C=O) groups is 1. The van der Waals surface area contributed by atoms with Crippen LogP contribution in [0.3, 0.4) is 0 Å². The molecule has 0 saturated carbocycles. The number of nitrogens with zero attached hydrogens (tertiary/aromatic N) is 1. The van der Waals surface area contributed by atoms with Crippen LogP contribution in [0.25, 0.3) is 6.08 Å². The van der Waals surface area contributed by atoms with Crippen LogP contribution in [0.4, 0.5) is 8.78 Å². The van der Waals surface area contributed by atoms with Gasteiger partial charge in [0.25, 0.3) is 0 Å². The minimum atomic E-state index is -2.98. The van der Waals surface area contributed by atoms with Crippen LogP contribution in [-0.4, -0.2) is 32.2 Å². The molecule has 0 radical (unpaired) electrons. The minimum absolute atomic E-state index is 0.0343. The Balaban J connectivity index is 1.92. The molecule has 0 fully saturated rings. The molecule has 2 aromatic carbocycles. The van der Waals surface area contributed by atoms with Gasteiger partial charge in [-0.2, -0.15) is 8.78 Å². The maximum Gasteiger partial charge on any atom is 0.387 e. The number of hydrogen-bond donors (Lipinski definition) is 0. The number of alkyl halides is 2. The number of ether oxygens (including phenoxy) is 4. The van der Waals surface area contributed by atoms with Gasteiger partial charge in [0.1, 0.15) is 5.75 Å². The smallest absolute Gasteiger partial charge is 0.387 e. The van der Waals surface area contributed by atoms with Crippen LogP contribution in [0.1, 0.15) is 18.1 Å². The van der Waals surface area contributed by atoms with Crippen LogP contribution in [0.15, 0.2) is 53.2 Å². The van der Waals surface area contributed by atoms with E-state index >= 15 is 0 Å². The molecular weight excluding hydrogens is 372 g/mol. The maximum atomic E-state index is 12.4. The van der Waals surface area contributed by atoms with E-state index in [2.05, 4.69) is 9.73 Å². The number of methoxy groups -OCH3 is 1. The quantitative estimate of drug-likeness (QED) is 0.528. The molecule has 0 unspecified atom stereocenters. The monoisotopic (exact) mass is 389 g/mol. The summed E-state index contributed by atoms with van der Waals surface area (Å²) < 4.78 is 45.1. The fourth-order valence-electron chi connectivity index (χ4n) is 2.56. The minimum Gasteiger partial charge on any atom is -0.493 e. The standard InChI is InChI=1S/C20H17F2NO5/c1-3-26-15-7-5-4-6-12(15)10-14-19(24)28-18(23-14)13-8-9-16(27-20(21)22)17(11-13)25-2/h4-11,20H,3H2,1-2H3/b14-10-. The fourth-order valence-corrected chi connectivity index (χ4v) is 2.56. The summed E-state index contributed by atoms with van der Waals surface area (Å²) in [6, 6.07) is 11.4. The lowest BCUT2D eigenvalue weighted by Crippen LogP contribution is -2.07. The van der Waals surface area contributed by atoms with Gasteiger partial charge in [-0.05, 0) is 37.3 Å². The third-order valence-electron chi connectivity index (χ3n) is 3.76. The van der Waals surface area contributed by atoms with Gasteiger partial charge < -0.3 is 18.9 Å². The van der Waals surface area contributed by atoms with E-state index in [0.29, 0.717) is 23.5 Å². The average molecular weight is 389 g/mol. The third-order valence-corrected chi connectivity index (χ3v) is 3.76. The van der Waals surface area contributed by atoms with Gasteiger partial charge in [-0.3, -0.25) is 0 Å². The number of benzene rings is 2. The second-order valence-corrected chi connectivity index (χ2v) is 5.55. The molecule has 0 N–H and O–H groups in total. The van der Waals surface area contributed by atoms with E-state index in [9.17, 15) is 13.6 Å². The van der Waals surface area contributed by atoms with Gasteiger partial charge in [0, 0.05) is 11.1 Å². The molecule has 0 bridgehead atoms. The zero-order chi connectivity index (χ0) is 20.1. The lowest BCUT2D eigenvalue weighted by Gasteiger charge is -2.10. The first kappa shape index (κ1) is 19.3. The van der Waals surface area contributed by atoms with Gasteiger partial charge in [-0.1, -0.05) is 18.2 Å². The van der Waals surface area contributed by atoms with Crippen LogP contribution >= 0.6 is 0 Å². The van der Waals surface area contributed by atoms with E-state index < -0.39 is 12.6 Å². The van der Waals surface area contributed by atoms with E-state index in [-0.39, 0.29) is 23.1 Å². The Hall–Kier alpha value is -3.42. The molecule has 6 nitrogen and oxygen atoms in total. The van der Waals surface area contributed by atoms with Gasteiger partial charge >= 0.3 is 12.6 Å². The predicted molar refractivity (Wildman–Crippen MR) is 97.8 cm³/mol. The highest BCUT2D eigenvalue weighted by Gasteiger charge is 2.25. The summed E-state index contributed by atoms with van der Waals surface area (Å²) in [5.41, 5.74) is 1.15. The largest absolute Gasteiger partial charge is 0.493 e. The van der Waals surface area contributed by atoms with Crippen molar-refractivity contribution >= 4 is 17.9 Å². The van der Waals surface area contributed by atoms with Crippen molar-refractivity contribution in [3.05, 3.63) is 59.3 Å². The Labute approximate surface area is 160 Å². The zero-order valence-corrected chi connectivity index (χ0v) is 15.1. The fraction of sp³-hybridized carbons (Fsp3) is 0.200. The molecule has 28 heavy (non-hydrogen) atoms. The molecule has 146 valence electrons. The molecule has 0 aliphatic carbocycles. The maximum absolute atomic E-state index is 12.4. The Bertz CT molecular complexity index is 940. The highest BCUT2D eigenvalue weighted by Crippen LogP contribution is 2.31. The molecule has 2 aromatic rings.